The lowest BCUT2D eigenvalue weighted by atomic mass is 10.1. The van der Waals surface area contributed by atoms with Crippen LogP contribution in [0.1, 0.15) is 37.7 Å². The minimum Gasteiger partial charge on any atom is -0.330 e. The first-order valence-electron chi connectivity index (χ1n) is 12.9. The number of nitro groups is 1. The second-order valence-corrected chi connectivity index (χ2v) is 11.3. The molecule has 1 aliphatic heterocycles. The fraction of sp³-hybridized carbons (Fsp3) is 0.423. The van der Waals surface area contributed by atoms with E-state index in [4.69, 9.17) is 11.5 Å². The smallest absolute Gasteiger partial charge is 0.269 e. The van der Waals surface area contributed by atoms with Crippen LogP contribution in [0.5, 0.6) is 0 Å². The zero-order chi connectivity index (χ0) is 29.4. The zero-order valence-electron chi connectivity index (χ0n) is 22.2. The van der Waals surface area contributed by atoms with Crippen molar-refractivity contribution in [2.45, 2.75) is 56.0 Å². The van der Waals surface area contributed by atoms with Crippen LogP contribution in [-0.4, -0.2) is 72.0 Å². The number of amides is 3. The first kappa shape index (κ1) is 30.7. The number of hydrogen-bond donors (Lipinski definition) is 3. The van der Waals surface area contributed by atoms with Gasteiger partial charge < -0.3 is 21.7 Å². The van der Waals surface area contributed by atoms with Crippen LogP contribution in [0.3, 0.4) is 0 Å². The van der Waals surface area contributed by atoms with Gasteiger partial charge in [-0.2, -0.15) is 0 Å². The maximum atomic E-state index is 14.0. The predicted octanol–water partition coefficient (Wildman–Crippen LogP) is 1.51. The summed E-state index contributed by atoms with van der Waals surface area (Å²) in [4.78, 5) is 51.7. The average Bonchev–Trinajstić information content (AvgIpc) is 3.42. The number of hydrogen-bond acceptors (Lipinski definition) is 9. The molecule has 0 saturated carbocycles. The molecule has 14 heteroatoms. The fourth-order valence-electron chi connectivity index (χ4n) is 4.58. The highest BCUT2D eigenvalue weighted by molar-refractivity contribution is 7.89. The van der Waals surface area contributed by atoms with Gasteiger partial charge in [0.05, 0.1) is 16.4 Å². The molecule has 1 aliphatic rings. The van der Waals surface area contributed by atoms with Gasteiger partial charge in [0.15, 0.2) is 0 Å². The molecule has 13 nitrogen and oxygen atoms in total. The van der Waals surface area contributed by atoms with Crippen LogP contribution in [0.2, 0.25) is 0 Å². The molecule has 1 heterocycles. The van der Waals surface area contributed by atoms with Crippen molar-refractivity contribution in [1.82, 2.24) is 9.21 Å². The van der Waals surface area contributed by atoms with Crippen LogP contribution in [-0.2, 0) is 24.4 Å². The number of nitrogens with one attached hydrogen (secondary N) is 1. The maximum absolute atomic E-state index is 14.0. The van der Waals surface area contributed by atoms with Crippen LogP contribution >= 0.6 is 0 Å². The first-order valence-corrected chi connectivity index (χ1v) is 14.3. The Morgan fingerprint density at radius 2 is 1.75 bits per heavy atom. The van der Waals surface area contributed by atoms with Gasteiger partial charge in [0.25, 0.3) is 21.6 Å². The molecule has 0 aliphatic carbocycles. The van der Waals surface area contributed by atoms with E-state index in [-0.39, 0.29) is 48.7 Å². The molecule has 3 rings (SSSR count). The van der Waals surface area contributed by atoms with Crippen molar-refractivity contribution < 1.29 is 27.7 Å². The molecule has 216 valence electrons. The largest absolute Gasteiger partial charge is 0.330 e. The number of nitro benzene ring substituents is 1. The van der Waals surface area contributed by atoms with E-state index in [0.717, 1.165) is 5.56 Å². The highest BCUT2D eigenvalue weighted by atomic mass is 32.2. The van der Waals surface area contributed by atoms with Gasteiger partial charge in [-0.1, -0.05) is 17.7 Å². The van der Waals surface area contributed by atoms with E-state index < -0.39 is 44.8 Å². The summed E-state index contributed by atoms with van der Waals surface area (Å²) in [5, 5.41) is 13.6. The normalized spacial score (nSPS) is 15.9. The van der Waals surface area contributed by atoms with Gasteiger partial charge in [-0.3, -0.25) is 24.5 Å². The van der Waals surface area contributed by atoms with Gasteiger partial charge in [-0.05, 0) is 69.8 Å². The second-order valence-electron chi connectivity index (χ2n) is 9.49. The predicted molar refractivity (Wildman–Crippen MR) is 147 cm³/mol. The topological polar surface area (TPSA) is 199 Å². The molecule has 0 spiro atoms. The zero-order valence-corrected chi connectivity index (χ0v) is 23.0. The lowest BCUT2D eigenvalue weighted by Gasteiger charge is -2.34. The Kier molecular flexibility index (Phi) is 10.3. The number of likely N-dealkylation sites (tertiary alicyclic amines) is 1. The van der Waals surface area contributed by atoms with Gasteiger partial charge in [-0.15, -0.1) is 0 Å². The average molecular weight is 575 g/mol. The molecule has 2 aromatic rings. The Morgan fingerprint density at radius 1 is 1.10 bits per heavy atom. The van der Waals surface area contributed by atoms with Crippen LogP contribution < -0.4 is 16.8 Å². The third-order valence-electron chi connectivity index (χ3n) is 6.69. The Bertz CT molecular complexity index is 1330. The molecule has 2 aromatic carbocycles. The van der Waals surface area contributed by atoms with E-state index in [9.17, 15) is 32.9 Å². The molecule has 2 atom stereocenters. The molecule has 1 fully saturated rings. The van der Waals surface area contributed by atoms with Crippen molar-refractivity contribution in [2.24, 2.45) is 11.5 Å². The number of aryl methyl sites for hydroxylation is 1. The maximum Gasteiger partial charge on any atom is 0.269 e. The van der Waals surface area contributed by atoms with Crippen LogP contribution in [0.4, 0.5) is 11.4 Å². The van der Waals surface area contributed by atoms with Crippen molar-refractivity contribution in [3.8, 4) is 0 Å². The molecule has 1 saturated heterocycles. The van der Waals surface area contributed by atoms with Crippen molar-refractivity contribution in [1.29, 1.82) is 0 Å². The third kappa shape index (κ3) is 7.00. The number of nitrogens with zero attached hydrogens (tertiary/aromatic N) is 3. The number of unbranched alkanes of at least 4 members (excludes halogenated alkanes) is 1. The summed E-state index contributed by atoms with van der Waals surface area (Å²) in [6.07, 6.45) is 1.44. The molecule has 40 heavy (non-hydrogen) atoms. The lowest BCUT2D eigenvalue weighted by molar-refractivity contribution is -0.384. The summed E-state index contributed by atoms with van der Waals surface area (Å²) in [5.41, 5.74) is 12.0. The Balaban J connectivity index is 2.08. The Hall–Kier alpha value is -3.88. The van der Waals surface area contributed by atoms with Crippen LogP contribution in [0.15, 0.2) is 53.4 Å². The highest BCUT2D eigenvalue weighted by Gasteiger charge is 2.45. The Labute approximate surface area is 232 Å². The summed E-state index contributed by atoms with van der Waals surface area (Å²) in [7, 11) is -4.57. The van der Waals surface area contributed by atoms with Crippen molar-refractivity contribution in [3.05, 3.63) is 64.2 Å². The molecule has 3 amide bonds. The monoisotopic (exact) mass is 574 g/mol. The SMILES string of the molecule is Cc1ccc(S(=O)(=O)N(C(=O)[C@@H]2CCCN2C(=O)CN)[C@@H](CCCCN)C(=O)Nc2ccc([N+](=O)[O-])cc2)cc1. The number of nitrogens with two attached hydrogens (primary N) is 2. The quantitative estimate of drug-likeness (QED) is 0.191. The Morgan fingerprint density at radius 3 is 2.33 bits per heavy atom. The number of non-ortho nitro benzene ring substituents is 1. The lowest BCUT2D eigenvalue weighted by Crippen LogP contribution is -2.56. The number of carbonyl (C=O) groups excluding carboxylic acids is 3. The minimum absolute atomic E-state index is 0.0373. The van der Waals surface area contributed by atoms with E-state index in [1.165, 1.54) is 41.3 Å². The first-order chi connectivity index (χ1) is 19.0. The molecule has 0 radical (unpaired) electrons. The van der Waals surface area contributed by atoms with E-state index in [1.54, 1.807) is 19.1 Å². The number of sulfonamides is 1. The minimum atomic E-state index is -4.57. The molecule has 5 N–H and O–H groups in total. The van der Waals surface area contributed by atoms with Crippen molar-refractivity contribution >= 4 is 39.1 Å². The van der Waals surface area contributed by atoms with Gasteiger partial charge in [0.2, 0.25) is 11.8 Å². The number of benzene rings is 2. The third-order valence-corrected chi connectivity index (χ3v) is 8.51. The van der Waals surface area contributed by atoms with Crippen molar-refractivity contribution in [2.75, 3.05) is 25.0 Å². The van der Waals surface area contributed by atoms with E-state index in [0.29, 0.717) is 23.6 Å². The van der Waals surface area contributed by atoms with Gasteiger partial charge in [0.1, 0.15) is 12.1 Å². The molecular formula is C26H34N6O7S. The van der Waals surface area contributed by atoms with E-state index in [2.05, 4.69) is 5.32 Å². The van der Waals surface area contributed by atoms with Crippen LogP contribution in [0.25, 0.3) is 0 Å². The molecule has 0 unspecified atom stereocenters. The standard InChI is InChI=1S/C26H34N6O7S/c1-18-7-13-21(14-8-18)40(38,39)31(26(35)23-6-4-16-30(23)24(33)17-28)22(5-2-3-15-27)25(34)29-19-9-11-20(12-10-19)32(36)37/h7-14,22-23H,2-6,15-17,27-28H2,1H3,(H,29,34)/t22-,23-/m0/s1. The number of rotatable bonds is 12. The highest BCUT2D eigenvalue weighted by Crippen LogP contribution is 2.28. The summed E-state index contributed by atoms with van der Waals surface area (Å²) in [6, 6.07) is 8.28. The number of anilines is 1. The van der Waals surface area contributed by atoms with Crippen LogP contribution in [0, 0.1) is 17.0 Å². The van der Waals surface area contributed by atoms with E-state index >= 15 is 0 Å². The fourth-order valence-corrected chi connectivity index (χ4v) is 6.18. The molecule has 0 bridgehead atoms. The summed E-state index contributed by atoms with van der Waals surface area (Å²) in [5.74, 6) is -2.21. The summed E-state index contributed by atoms with van der Waals surface area (Å²) >= 11 is 0. The van der Waals surface area contributed by atoms with Gasteiger partial charge in [-0.25, -0.2) is 12.7 Å². The van der Waals surface area contributed by atoms with Crippen molar-refractivity contribution in [3.63, 3.8) is 0 Å². The number of carbonyl (C=O) groups is 3. The van der Waals surface area contributed by atoms with Gasteiger partial charge in [0, 0.05) is 24.4 Å². The summed E-state index contributed by atoms with van der Waals surface area (Å²) < 4.78 is 28.7. The van der Waals surface area contributed by atoms with Gasteiger partial charge >= 0.3 is 0 Å². The summed E-state index contributed by atoms with van der Waals surface area (Å²) in [6.45, 7) is 1.95. The molecule has 0 aromatic heterocycles. The van der Waals surface area contributed by atoms with E-state index in [1.807, 2.05) is 0 Å². The molecular weight excluding hydrogens is 540 g/mol. The second kappa shape index (κ2) is 13.5.